The third-order valence-electron chi connectivity index (χ3n) is 5.25. The minimum Gasteiger partial charge on any atom is -0.483 e. The fourth-order valence-corrected chi connectivity index (χ4v) is 3.62. The molecule has 3 rings (SSSR count). The summed E-state index contributed by atoms with van der Waals surface area (Å²) in [4.78, 5) is 37.8. The second kappa shape index (κ2) is 13.3. The molecule has 11 heteroatoms. The SMILES string of the molecule is CCCO[C@@H]1CC[C@H](C(=O)NCc2cn(CC)cn2)C[C@H]1NC(=O)c1ccn[nH]1.O=CO. The lowest BCUT2D eigenvalue weighted by molar-refractivity contribution is -0.128. The Labute approximate surface area is 186 Å². The number of rotatable bonds is 9. The predicted molar refractivity (Wildman–Crippen MR) is 116 cm³/mol. The number of carbonyl (C=O) groups is 3. The summed E-state index contributed by atoms with van der Waals surface area (Å²) in [6, 6.07) is 1.40. The summed E-state index contributed by atoms with van der Waals surface area (Å²) in [5.41, 5.74) is 1.24. The largest absolute Gasteiger partial charge is 0.483 e. The molecule has 1 saturated carbocycles. The average molecular weight is 449 g/mol. The molecule has 0 spiro atoms. The van der Waals surface area contributed by atoms with Crippen LogP contribution in [0.3, 0.4) is 0 Å². The number of amides is 2. The third kappa shape index (κ3) is 7.49. The lowest BCUT2D eigenvalue weighted by Crippen LogP contribution is -2.50. The minimum atomic E-state index is -0.250. The van der Waals surface area contributed by atoms with Gasteiger partial charge in [0.15, 0.2) is 0 Å². The lowest BCUT2D eigenvalue weighted by Gasteiger charge is -2.35. The maximum absolute atomic E-state index is 12.7. The molecule has 2 amide bonds. The first-order valence-electron chi connectivity index (χ1n) is 10.8. The number of ether oxygens (including phenoxy) is 1. The quantitative estimate of drug-likeness (QED) is 0.423. The summed E-state index contributed by atoms with van der Waals surface area (Å²) >= 11 is 0. The summed E-state index contributed by atoms with van der Waals surface area (Å²) in [6.45, 7) is 5.74. The second-order valence-corrected chi connectivity index (χ2v) is 7.49. The standard InChI is InChI=1S/C20H30N6O3.CH2O2/c1-3-9-29-18-6-5-14(10-17(18)24-20(28)16-7-8-23-25-16)19(27)21-11-15-12-26(4-2)13-22-15;2-1-3/h7-8,12-14,17-18H,3-6,9-11H2,1-2H3,(H,21,27)(H,23,25)(H,24,28);1H,(H,2,3)/t14-,17+,18+;/m0./s1. The molecule has 3 atom stereocenters. The van der Waals surface area contributed by atoms with Crippen molar-refractivity contribution in [1.82, 2.24) is 30.4 Å². The molecule has 11 nitrogen and oxygen atoms in total. The number of nitrogens with zero attached hydrogens (tertiary/aromatic N) is 3. The summed E-state index contributed by atoms with van der Waals surface area (Å²) in [5.74, 6) is -0.411. The maximum Gasteiger partial charge on any atom is 0.290 e. The van der Waals surface area contributed by atoms with E-state index in [9.17, 15) is 9.59 Å². The molecular weight excluding hydrogens is 416 g/mol. The molecule has 0 aromatic carbocycles. The molecule has 2 heterocycles. The van der Waals surface area contributed by atoms with Crippen molar-refractivity contribution in [2.45, 2.75) is 64.8 Å². The van der Waals surface area contributed by atoms with E-state index in [0.29, 0.717) is 25.3 Å². The van der Waals surface area contributed by atoms with Gasteiger partial charge in [-0.3, -0.25) is 19.5 Å². The number of nitrogens with one attached hydrogen (secondary N) is 3. The number of aryl methyl sites for hydroxylation is 1. The third-order valence-corrected chi connectivity index (χ3v) is 5.25. The smallest absolute Gasteiger partial charge is 0.290 e. The monoisotopic (exact) mass is 448 g/mol. The number of aromatic amines is 1. The molecule has 2 aromatic heterocycles. The second-order valence-electron chi connectivity index (χ2n) is 7.49. The van der Waals surface area contributed by atoms with Crippen LogP contribution < -0.4 is 10.6 Å². The van der Waals surface area contributed by atoms with Crippen molar-refractivity contribution >= 4 is 18.3 Å². The number of hydrogen-bond donors (Lipinski definition) is 4. The van der Waals surface area contributed by atoms with Gasteiger partial charge in [0.05, 0.1) is 30.7 Å². The summed E-state index contributed by atoms with van der Waals surface area (Å²) in [7, 11) is 0. The Hall–Kier alpha value is -3.21. The molecule has 1 aliphatic carbocycles. The van der Waals surface area contributed by atoms with Crippen molar-refractivity contribution in [1.29, 1.82) is 0 Å². The zero-order valence-electron chi connectivity index (χ0n) is 18.5. The first kappa shape index (κ1) is 25.1. The number of hydrogen-bond acceptors (Lipinski definition) is 6. The van der Waals surface area contributed by atoms with E-state index < -0.39 is 0 Å². The summed E-state index contributed by atoms with van der Waals surface area (Å²) in [6.07, 6.45) is 8.07. The number of carbonyl (C=O) groups excluding carboxylic acids is 2. The van der Waals surface area contributed by atoms with Gasteiger partial charge in [-0.25, -0.2) is 4.98 Å². The Morgan fingerprint density at radius 1 is 1.38 bits per heavy atom. The van der Waals surface area contributed by atoms with Crippen molar-refractivity contribution in [3.63, 3.8) is 0 Å². The van der Waals surface area contributed by atoms with Crippen LogP contribution >= 0.6 is 0 Å². The molecule has 0 bridgehead atoms. The van der Waals surface area contributed by atoms with Gasteiger partial charge in [-0.1, -0.05) is 6.92 Å². The number of H-pyrrole nitrogens is 1. The van der Waals surface area contributed by atoms with Gasteiger partial charge >= 0.3 is 0 Å². The Kier molecular flexibility index (Phi) is 10.4. The van der Waals surface area contributed by atoms with Gasteiger partial charge in [0.2, 0.25) is 5.91 Å². The molecule has 2 aromatic rings. The van der Waals surface area contributed by atoms with Crippen LogP contribution in [0.25, 0.3) is 0 Å². The molecule has 1 fully saturated rings. The van der Waals surface area contributed by atoms with E-state index in [4.69, 9.17) is 14.6 Å². The average Bonchev–Trinajstić information content (AvgIpc) is 3.49. The highest BCUT2D eigenvalue weighted by Crippen LogP contribution is 2.27. The maximum atomic E-state index is 12.7. The van der Waals surface area contributed by atoms with Crippen LogP contribution in [0.5, 0.6) is 0 Å². The predicted octanol–water partition coefficient (Wildman–Crippen LogP) is 1.34. The zero-order valence-corrected chi connectivity index (χ0v) is 18.5. The van der Waals surface area contributed by atoms with Gasteiger partial charge in [0.25, 0.3) is 12.4 Å². The van der Waals surface area contributed by atoms with Crippen molar-refractivity contribution in [3.05, 3.63) is 36.2 Å². The van der Waals surface area contributed by atoms with E-state index in [1.54, 1.807) is 12.4 Å². The number of aromatic nitrogens is 4. The molecule has 0 radical (unpaired) electrons. The first-order valence-corrected chi connectivity index (χ1v) is 10.8. The Morgan fingerprint density at radius 3 is 2.78 bits per heavy atom. The molecule has 176 valence electrons. The molecule has 32 heavy (non-hydrogen) atoms. The van der Waals surface area contributed by atoms with Crippen LogP contribution in [0.2, 0.25) is 0 Å². The van der Waals surface area contributed by atoms with Crippen LogP contribution in [-0.2, 0) is 27.4 Å². The van der Waals surface area contributed by atoms with Gasteiger partial charge in [0, 0.05) is 31.5 Å². The molecule has 0 saturated heterocycles. The lowest BCUT2D eigenvalue weighted by atomic mass is 9.83. The Morgan fingerprint density at radius 2 is 2.16 bits per heavy atom. The fraction of sp³-hybridized carbons (Fsp3) is 0.571. The highest BCUT2D eigenvalue weighted by molar-refractivity contribution is 5.92. The van der Waals surface area contributed by atoms with Crippen molar-refractivity contribution < 1.29 is 24.2 Å². The van der Waals surface area contributed by atoms with Gasteiger partial charge < -0.3 is 25.0 Å². The van der Waals surface area contributed by atoms with Gasteiger partial charge in [-0.05, 0) is 38.7 Å². The number of imidazole rings is 1. The van der Waals surface area contributed by atoms with Crippen LogP contribution in [0, 0.1) is 5.92 Å². The van der Waals surface area contributed by atoms with E-state index in [1.807, 2.05) is 17.7 Å². The number of carboxylic acid groups (broad SMARTS) is 1. The Balaban J connectivity index is 0.00000114. The van der Waals surface area contributed by atoms with E-state index in [1.165, 1.54) is 6.20 Å². The summed E-state index contributed by atoms with van der Waals surface area (Å²) in [5, 5.41) is 19.4. The van der Waals surface area contributed by atoms with E-state index in [2.05, 4.69) is 32.7 Å². The van der Waals surface area contributed by atoms with Gasteiger partial charge in [0.1, 0.15) is 5.69 Å². The highest BCUT2D eigenvalue weighted by atomic mass is 16.5. The molecule has 4 N–H and O–H groups in total. The van der Waals surface area contributed by atoms with Crippen LogP contribution in [0.4, 0.5) is 0 Å². The molecular formula is C21H32N6O5. The highest BCUT2D eigenvalue weighted by Gasteiger charge is 2.35. The molecule has 1 aliphatic rings. The van der Waals surface area contributed by atoms with Crippen molar-refractivity contribution in [3.8, 4) is 0 Å². The van der Waals surface area contributed by atoms with Crippen LogP contribution in [0.1, 0.15) is 55.7 Å². The molecule has 0 unspecified atom stereocenters. The normalized spacial score (nSPS) is 20.0. The van der Waals surface area contributed by atoms with Crippen LogP contribution in [0.15, 0.2) is 24.8 Å². The zero-order chi connectivity index (χ0) is 23.3. The minimum absolute atomic E-state index is 0.00854. The van der Waals surface area contributed by atoms with Crippen LogP contribution in [-0.4, -0.2) is 61.9 Å². The topological polar surface area (TPSA) is 151 Å². The van der Waals surface area contributed by atoms with E-state index >= 15 is 0 Å². The van der Waals surface area contributed by atoms with E-state index in [-0.39, 0.29) is 36.4 Å². The first-order chi connectivity index (χ1) is 15.5. The van der Waals surface area contributed by atoms with Crippen molar-refractivity contribution in [2.75, 3.05) is 6.61 Å². The van der Waals surface area contributed by atoms with Crippen molar-refractivity contribution in [2.24, 2.45) is 5.92 Å². The fourth-order valence-electron chi connectivity index (χ4n) is 3.62. The summed E-state index contributed by atoms with van der Waals surface area (Å²) < 4.78 is 7.92. The Bertz CT molecular complexity index is 838. The van der Waals surface area contributed by atoms with Gasteiger partial charge in [-0.2, -0.15) is 5.10 Å². The molecule has 0 aliphatic heterocycles. The van der Waals surface area contributed by atoms with Gasteiger partial charge in [-0.15, -0.1) is 0 Å². The van der Waals surface area contributed by atoms with E-state index in [0.717, 1.165) is 31.5 Å².